The Hall–Kier alpha value is -0.220. The zero-order valence-electron chi connectivity index (χ0n) is 10.6. The maximum absolute atomic E-state index is 11.6. The van der Waals surface area contributed by atoms with Crippen LogP contribution in [0.25, 0.3) is 0 Å². The maximum Gasteiger partial charge on any atom is 0.325 e. The van der Waals surface area contributed by atoms with Crippen molar-refractivity contribution in [1.29, 1.82) is 0 Å². The minimum atomic E-state index is -0.705. The Balaban J connectivity index is 2.74. The smallest absolute Gasteiger partial charge is 0.325 e. The van der Waals surface area contributed by atoms with Crippen LogP contribution < -0.4 is 5.32 Å². The number of carboxylic acid groups (broad SMARTS) is 1. The minimum Gasteiger partial charge on any atom is -0.480 e. The van der Waals surface area contributed by atoms with Crippen molar-refractivity contribution in [3.8, 4) is 0 Å². The first-order valence-corrected chi connectivity index (χ1v) is 7.06. The number of thioether (sulfide) groups is 1. The van der Waals surface area contributed by atoms with E-state index in [1.165, 1.54) is 0 Å². The molecule has 0 aliphatic heterocycles. The van der Waals surface area contributed by atoms with E-state index in [1.807, 2.05) is 13.8 Å². The molecule has 2 N–H and O–H groups in total. The fraction of sp³-hybridized carbons (Fsp3) is 0.917. The quantitative estimate of drug-likeness (QED) is 0.723. The van der Waals surface area contributed by atoms with Crippen LogP contribution in [-0.4, -0.2) is 33.7 Å². The molecule has 0 radical (unpaired) electrons. The number of carboxylic acids is 1. The summed E-state index contributed by atoms with van der Waals surface area (Å²) in [6.45, 7) is 8.25. The number of nitrogens with one attached hydrogen (secondary N) is 1. The summed E-state index contributed by atoms with van der Waals surface area (Å²) in [5, 5.41) is 13.3. The molecule has 0 aromatic heterocycles. The average Bonchev–Trinajstić information content (AvgIpc) is 2.94. The van der Waals surface area contributed by atoms with Gasteiger partial charge >= 0.3 is 5.97 Å². The lowest BCUT2D eigenvalue weighted by Crippen LogP contribution is -2.58. The first-order valence-electron chi connectivity index (χ1n) is 6.01. The van der Waals surface area contributed by atoms with Gasteiger partial charge in [-0.1, -0.05) is 13.8 Å². The summed E-state index contributed by atoms with van der Waals surface area (Å²) < 4.78 is 0. The minimum absolute atomic E-state index is 0.212. The molecule has 1 aliphatic rings. The van der Waals surface area contributed by atoms with Crippen LogP contribution in [0.3, 0.4) is 0 Å². The molecule has 0 aromatic carbocycles. The van der Waals surface area contributed by atoms with Gasteiger partial charge in [-0.2, -0.15) is 11.8 Å². The van der Waals surface area contributed by atoms with E-state index in [4.69, 9.17) is 0 Å². The highest BCUT2D eigenvalue weighted by Crippen LogP contribution is 2.42. The van der Waals surface area contributed by atoms with Crippen molar-refractivity contribution in [3.05, 3.63) is 0 Å². The van der Waals surface area contributed by atoms with Crippen LogP contribution in [0.5, 0.6) is 0 Å². The average molecular weight is 245 g/mol. The van der Waals surface area contributed by atoms with Gasteiger partial charge in [-0.3, -0.25) is 10.1 Å². The van der Waals surface area contributed by atoms with Crippen LogP contribution in [0.2, 0.25) is 0 Å². The molecule has 0 heterocycles. The second-order valence-electron chi connectivity index (χ2n) is 5.21. The normalized spacial score (nSPS) is 20.1. The number of hydrogen-bond acceptors (Lipinski definition) is 3. The third-order valence-corrected chi connectivity index (χ3v) is 4.14. The Morgan fingerprint density at radius 3 is 2.31 bits per heavy atom. The lowest BCUT2D eigenvalue weighted by molar-refractivity contribution is -0.145. The highest BCUT2D eigenvalue weighted by molar-refractivity contribution is 7.99. The Morgan fingerprint density at radius 2 is 2.00 bits per heavy atom. The van der Waals surface area contributed by atoms with Crippen LogP contribution in [0.1, 0.15) is 40.5 Å². The number of carbonyl (C=O) groups is 1. The highest BCUT2D eigenvalue weighted by atomic mass is 32.2. The number of aliphatic carboxylic acids is 1. The Kier molecular flexibility index (Phi) is 4.68. The second kappa shape index (κ2) is 5.41. The molecule has 1 saturated carbocycles. The van der Waals surface area contributed by atoms with Gasteiger partial charge in [0.15, 0.2) is 0 Å². The fourth-order valence-corrected chi connectivity index (χ4v) is 3.00. The van der Waals surface area contributed by atoms with Crippen molar-refractivity contribution < 1.29 is 9.90 Å². The third kappa shape index (κ3) is 3.39. The molecule has 94 valence electrons. The van der Waals surface area contributed by atoms with Gasteiger partial charge in [-0.05, 0) is 37.9 Å². The van der Waals surface area contributed by atoms with E-state index >= 15 is 0 Å². The maximum atomic E-state index is 11.6. The van der Waals surface area contributed by atoms with Gasteiger partial charge in [0.2, 0.25) is 0 Å². The topological polar surface area (TPSA) is 49.3 Å². The third-order valence-electron chi connectivity index (χ3n) is 2.85. The van der Waals surface area contributed by atoms with Gasteiger partial charge in [-0.15, -0.1) is 0 Å². The summed E-state index contributed by atoms with van der Waals surface area (Å²) in [5.41, 5.74) is -0.705. The number of hydrogen-bond donors (Lipinski definition) is 2. The standard InChI is InChI=1S/C12H23NO2S/c1-8(2)13-12(11(14)15,10-5-6-10)7-16-9(3)4/h8-10,13H,5-7H2,1-4H3,(H,14,15). The lowest BCUT2D eigenvalue weighted by Gasteiger charge is -2.33. The van der Waals surface area contributed by atoms with E-state index in [-0.39, 0.29) is 6.04 Å². The number of rotatable bonds is 7. The molecule has 0 aromatic rings. The Labute approximate surface area is 102 Å². The molecule has 4 heteroatoms. The summed E-state index contributed by atoms with van der Waals surface area (Å²) in [6.07, 6.45) is 2.09. The molecule has 1 unspecified atom stereocenters. The fourth-order valence-electron chi connectivity index (χ4n) is 1.96. The molecule has 1 aliphatic carbocycles. The van der Waals surface area contributed by atoms with E-state index in [2.05, 4.69) is 19.2 Å². The Bertz CT molecular complexity index is 251. The first kappa shape index (κ1) is 13.8. The SMILES string of the molecule is CC(C)NC(CSC(C)C)(C(=O)O)C1CC1. The van der Waals surface area contributed by atoms with Crippen molar-refractivity contribution >= 4 is 17.7 Å². The molecule has 3 nitrogen and oxygen atoms in total. The molecular weight excluding hydrogens is 222 g/mol. The Morgan fingerprint density at radius 1 is 1.44 bits per heavy atom. The zero-order valence-corrected chi connectivity index (χ0v) is 11.4. The molecule has 0 bridgehead atoms. The molecule has 0 saturated heterocycles. The van der Waals surface area contributed by atoms with Crippen molar-refractivity contribution in [2.24, 2.45) is 5.92 Å². The largest absolute Gasteiger partial charge is 0.480 e. The summed E-state index contributed by atoms with van der Waals surface area (Å²) in [6, 6.07) is 0.212. The van der Waals surface area contributed by atoms with Gasteiger partial charge < -0.3 is 5.11 Å². The second-order valence-corrected chi connectivity index (χ2v) is 6.77. The van der Waals surface area contributed by atoms with E-state index < -0.39 is 11.5 Å². The lowest BCUT2D eigenvalue weighted by atomic mass is 9.94. The predicted octanol–water partition coefficient (Wildman–Crippen LogP) is 2.36. The van der Waals surface area contributed by atoms with E-state index in [9.17, 15) is 9.90 Å². The molecule has 0 amide bonds. The van der Waals surface area contributed by atoms with E-state index in [1.54, 1.807) is 11.8 Å². The van der Waals surface area contributed by atoms with E-state index in [0.29, 0.717) is 16.9 Å². The summed E-state index contributed by atoms with van der Waals surface area (Å²) >= 11 is 1.73. The van der Waals surface area contributed by atoms with Gasteiger partial charge in [-0.25, -0.2) is 0 Å². The van der Waals surface area contributed by atoms with Crippen molar-refractivity contribution in [1.82, 2.24) is 5.32 Å². The zero-order chi connectivity index (χ0) is 12.3. The van der Waals surface area contributed by atoms with Gasteiger partial charge in [0.25, 0.3) is 0 Å². The molecule has 16 heavy (non-hydrogen) atoms. The molecular formula is C12H23NO2S. The van der Waals surface area contributed by atoms with Crippen LogP contribution in [0.15, 0.2) is 0 Å². The van der Waals surface area contributed by atoms with Gasteiger partial charge in [0, 0.05) is 11.8 Å². The van der Waals surface area contributed by atoms with Crippen molar-refractivity contribution in [3.63, 3.8) is 0 Å². The summed E-state index contributed by atoms with van der Waals surface area (Å²) in [7, 11) is 0. The van der Waals surface area contributed by atoms with E-state index in [0.717, 1.165) is 12.8 Å². The van der Waals surface area contributed by atoms with Crippen molar-refractivity contribution in [2.75, 3.05) is 5.75 Å². The molecule has 1 atom stereocenters. The van der Waals surface area contributed by atoms with Crippen molar-refractivity contribution in [2.45, 2.75) is 57.4 Å². The van der Waals surface area contributed by atoms with Gasteiger partial charge in [0.05, 0.1) is 0 Å². The molecule has 1 fully saturated rings. The van der Waals surface area contributed by atoms with Crippen LogP contribution in [-0.2, 0) is 4.79 Å². The van der Waals surface area contributed by atoms with Gasteiger partial charge in [0.1, 0.15) is 5.54 Å². The molecule has 0 spiro atoms. The summed E-state index contributed by atoms with van der Waals surface area (Å²) in [4.78, 5) is 11.6. The summed E-state index contributed by atoms with van der Waals surface area (Å²) in [5.74, 6) is 0.304. The first-order chi connectivity index (χ1) is 7.38. The van der Waals surface area contributed by atoms with Crippen LogP contribution in [0.4, 0.5) is 0 Å². The van der Waals surface area contributed by atoms with Crippen LogP contribution >= 0.6 is 11.8 Å². The molecule has 1 rings (SSSR count). The van der Waals surface area contributed by atoms with Crippen LogP contribution in [0, 0.1) is 5.92 Å². The predicted molar refractivity (Wildman–Crippen MR) is 69.0 cm³/mol. The highest BCUT2D eigenvalue weighted by Gasteiger charge is 2.51. The monoisotopic (exact) mass is 245 g/mol.